The molecule has 1 aromatic heterocycles. The molecule has 2 heterocycles. The molecule has 6 heteroatoms. The van der Waals surface area contributed by atoms with Gasteiger partial charge in [-0.2, -0.15) is 0 Å². The summed E-state index contributed by atoms with van der Waals surface area (Å²) in [5.41, 5.74) is 3.45. The van der Waals surface area contributed by atoms with Crippen LogP contribution in [0.2, 0.25) is 0 Å². The van der Waals surface area contributed by atoms with Gasteiger partial charge in [-0.3, -0.25) is 9.80 Å². The summed E-state index contributed by atoms with van der Waals surface area (Å²) in [4.78, 5) is 9.35. The molecule has 1 N–H and O–H groups in total. The lowest BCUT2D eigenvalue weighted by molar-refractivity contribution is 0.0707. The number of phenols is 1. The zero-order valence-electron chi connectivity index (χ0n) is 16.2. The smallest absolute Gasteiger partial charge is 0.115 e. The predicted octanol–water partition coefficient (Wildman–Crippen LogP) is 2.58. The van der Waals surface area contributed by atoms with Crippen LogP contribution in [0.4, 0.5) is 0 Å². The summed E-state index contributed by atoms with van der Waals surface area (Å²) in [6.45, 7) is 8.54. The molecule has 1 aliphatic heterocycles. The van der Waals surface area contributed by atoms with Gasteiger partial charge in [0.15, 0.2) is 0 Å². The van der Waals surface area contributed by atoms with Crippen LogP contribution in [0.15, 0.2) is 54.9 Å². The second kappa shape index (κ2) is 9.19. The van der Waals surface area contributed by atoms with E-state index in [0.717, 1.165) is 63.5 Å². The first-order chi connectivity index (χ1) is 13.8. The molecule has 0 atom stereocenters. The van der Waals surface area contributed by atoms with Crippen LogP contribution in [0.25, 0.3) is 11.0 Å². The van der Waals surface area contributed by atoms with E-state index in [0.29, 0.717) is 12.4 Å². The first kappa shape index (κ1) is 18.9. The highest BCUT2D eigenvalue weighted by atomic mass is 16.5. The van der Waals surface area contributed by atoms with Crippen LogP contribution >= 0.6 is 0 Å². The largest absolute Gasteiger partial charge is 0.508 e. The van der Waals surface area contributed by atoms with Crippen molar-refractivity contribution in [2.24, 2.45) is 0 Å². The van der Waals surface area contributed by atoms with E-state index >= 15 is 0 Å². The molecule has 0 spiro atoms. The van der Waals surface area contributed by atoms with Crippen LogP contribution < -0.4 is 0 Å². The molecule has 0 aliphatic carbocycles. The number of aromatic hydroxyl groups is 1. The Morgan fingerprint density at radius 3 is 2.39 bits per heavy atom. The van der Waals surface area contributed by atoms with Crippen molar-refractivity contribution in [3.63, 3.8) is 0 Å². The number of fused-ring (bicyclic) bond motifs is 1. The van der Waals surface area contributed by atoms with Crippen molar-refractivity contribution >= 4 is 11.0 Å². The quantitative estimate of drug-likeness (QED) is 0.609. The number of para-hydroxylation sites is 2. The topological polar surface area (TPSA) is 53.8 Å². The number of phenolic OH excluding ortho intramolecular Hbond substituents is 1. The Bertz CT molecular complexity index is 870. The summed E-state index contributed by atoms with van der Waals surface area (Å²) in [5, 5.41) is 9.38. The van der Waals surface area contributed by atoms with Crippen molar-refractivity contribution in [3.05, 3.63) is 60.4 Å². The van der Waals surface area contributed by atoms with Gasteiger partial charge >= 0.3 is 0 Å². The Kier molecular flexibility index (Phi) is 6.21. The highest BCUT2D eigenvalue weighted by Gasteiger charge is 2.16. The van der Waals surface area contributed by atoms with E-state index in [1.165, 1.54) is 5.56 Å². The van der Waals surface area contributed by atoms with Crippen LogP contribution in [-0.4, -0.2) is 70.4 Å². The zero-order valence-corrected chi connectivity index (χ0v) is 16.2. The van der Waals surface area contributed by atoms with Gasteiger partial charge in [0.2, 0.25) is 0 Å². The number of piperazine rings is 1. The first-order valence-electron chi connectivity index (χ1n) is 9.98. The Morgan fingerprint density at radius 2 is 1.57 bits per heavy atom. The lowest BCUT2D eigenvalue weighted by Gasteiger charge is -2.34. The molecule has 1 saturated heterocycles. The van der Waals surface area contributed by atoms with E-state index in [2.05, 4.69) is 25.4 Å². The standard InChI is InChI=1S/C22H28N4O2/c27-20-7-5-19(6-8-20)17-25-11-9-24(10-12-25)13-15-28-16-14-26-18-23-21-3-1-2-4-22(21)26/h1-8,18,27H,9-17H2. The number of benzene rings is 2. The molecule has 0 amide bonds. The second-order valence-electron chi connectivity index (χ2n) is 7.32. The van der Waals surface area contributed by atoms with Gasteiger partial charge < -0.3 is 14.4 Å². The molecule has 1 fully saturated rings. The summed E-state index contributed by atoms with van der Waals surface area (Å²) in [7, 11) is 0. The van der Waals surface area contributed by atoms with Crippen molar-refractivity contribution < 1.29 is 9.84 Å². The molecule has 28 heavy (non-hydrogen) atoms. The number of ether oxygens (including phenoxy) is 1. The average molecular weight is 380 g/mol. The maximum atomic E-state index is 9.38. The molecular weight excluding hydrogens is 352 g/mol. The third-order valence-corrected chi connectivity index (χ3v) is 5.36. The van der Waals surface area contributed by atoms with Crippen molar-refractivity contribution in [2.45, 2.75) is 13.1 Å². The van der Waals surface area contributed by atoms with Crippen LogP contribution in [0.3, 0.4) is 0 Å². The van der Waals surface area contributed by atoms with Crippen molar-refractivity contribution in [2.75, 3.05) is 45.9 Å². The van der Waals surface area contributed by atoms with Crippen molar-refractivity contribution in [3.8, 4) is 5.75 Å². The predicted molar refractivity (Wildman–Crippen MR) is 110 cm³/mol. The molecular formula is C22H28N4O2. The summed E-state index contributed by atoms with van der Waals surface area (Å²) < 4.78 is 8.01. The third kappa shape index (κ3) is 4.90. The van der Waals surface area contributed by atoms with Gasteiger partial charge in [-0.05, 0) is 29.8 Å². The highest BCUT2D eigenvalue weighted by molar-refractivity contribution is 5.74. The van der Waals surface area contributed by atoms with Gasteiger partial charge in [-0.25, -0.2) is 4.98 Å². The molecule has 6 nitrogen and oxygen atoms in total. The van der Waals surface area contributed by atoms with Crippen LogP contribution in [0.1, 0.15) is 5.56 Å². The Hall–Kier alpha value is -2.41. The monoisotopic (exact) mass is 380 g/mol. The molecule has 0 bridgehead atoms. The number of nitrogens with zero attached hydrogens (tertiary/aromatic N) is 4. The van der Waals surface area contributed by atoms with Gasteiger partial charge in [0.1, 0.15) is 5.75 Å². The van der Waals surface area contributed by atoms with E-state index in [9.17, 15) is 5.11 Å². The number of hydrogen-bond acceptors (Lipinski definition) is 5. The number of hydrogen-bond donors (Lipinski definition) is 1. The molecule has 0 radical (unpaired) electrons. The lowest BCUT2D eigenvalue weighted by Crippen LogP contribution is -2.46. The minimum atomic E-state index is 0.329. The van der Waals surface area contributed by atoms with Gasteiger partial charge in [-0.1, -0.05) is 24.3 Å². The maximum Gasteiger partial charge on any atom is 0.115 e. The fraction of sp³-hybridized carbons (Fsp3) is 0.409. The minimum Gasteiger partial charge on any atom is -0.508 e. The Balaban J connectivity index is 1.12. The molecule has 3 aromatic rings. The van der Waals surface area contributed by atoms with Gasteiger partial charge in [0, 0.05) is 45.8 Å². The number of aromatic nitrogens is 2. The van der Waals surface area contributed by atoms with E-state index < -0.39 is 0 Å². The van der Waals surface area contributed by atoms with Crippen molar-refractivity contribution in [1.29, 1.82) is 0 Å². The molecule has 1 aliphatic rings. The van der Waals surface area contributed by atoms with Gasteiger partial charge in [-0.15, -0.1) is 0 Å². The SMILES string of the molecule is Oc1ccc(CN2CCN(CCOCCn3cnc4ccccc43)CC2)cc1. The van der Waals surface area contributed by atoms with Gasteiger partial charge in [0.25, 0.3) is 0 Å². The van der Waals surface area contributed by atoms with Crippen molar-refractivity contribution in [1.82, 2.24) is 19.4 Å². The lowest BCUT2D eigenvalue weighted by atomic mass is 10.2. The fourth-order valence-corrected chi connectivity index (χ4v) is 3.68. The second-order valence-corrected chi connectivity index (χ2v) is 7.32. The highest BCUT2D eigenvalue weighted by Crippen LogP contribution is 2.13. The van der Waals surface area contributed by atoms with E-state index in [1.807, 2.05) is 36.7 Å². The summed E-state index contributed by atoms with van der Waals surface area (Å²) in [6, 6.07) is 15.7. The molecule has 4 rings (SSSR count). The van der Waals surface area contributed by atoms with Crippen LogP contribution in [0, 0.1) is 0 Å². The van der Waals surface area contributed by atoms with Crippen LogP contribution in [0.5, 0.6) is 5.75 Å². The summed E-state index contributed by atoms with van der Waals surface area (Å²) in [6.07, 6.45) is 1.89. The van der Waals surface area contributed by atoms with Gasteiger partial charge in [0.05, 0.1) is 30.6 Å². The zero-order chi connectivity index (χ0) is 19.2. The molecule has 148 valence electrons. The third-order valence-electron chi connectivity index (χ3n) is 5.36. The molecule has 0 unspecified atom stereocenters. The van der Waals surface area contributed by atoms with Crippen LogP contribution in [-0.2, 0) is 17.8 Å². The molecule has 0 saturated carbocycles. The minimum absolute atomic E-state index is 0.329. The van der Waals surface area contributed by atoms with E-state index in [-0.39, 0.29) is 0 Å². The summed E-state index contributed by atoms with van der Waals surface area (Å²) >= 11 is 0. The first-order valence-corrected chi connectivity index (χ1v) is 9.98. The molecule has 2 aromatic carbocycles. The fourth-order valence-electron chi connectivity index (χ4n) is 3.68. The number of rotatable bonds is 8. The normalized spacial score (nSPS) is 16.0. The Morgan fingerprint density at radius 1 is 0.857 bits per heavy atom. The average Bonchev–Trinajstić information content (AvgIpc) is 3.14. The van der Waals surface area contributed by atoms with E-state index in [1.54, 1.807) is 12.1 Å². The summed E-state index contributed by atoms with van der Waals surface area (Å²) in [5.74, 6) is 0.329. The Labute approximate surface area is 166 Å². The maximum absolute atomic E-state index is 9.38. The number of imidazole rings is 1. The van der Waals surface area contributed by atoms with E-state index in [4.69, 9.17) is 4.74 Å².